The molecular formula is C15H11Cl4NO2. The molecule has 0 heterocycles. The summed E-state index contributed by atoms with van der Waals surface area (Å²) in [4.78, 5) is 11.8. The van der Waals surface area contributed by atoms with E-state index in [9.17, 15) is 4.79 Å². The maximum Gasteiger partial charge on any atom is 0.258 e. The number of carbonyl (C=O) groups is 1. The second-order valence-corrected chi connectivity index (χ2v) is 6.05. The molecule has 0 radical (unpaired) electrons. The molecule has 0 bridgehead atoms. The zero-order valence-electron chi connectivity index (χ0n) is 11.2. The molecule has 7 heteroatoms. The summed E-state index contributed by atoms with van der Waals surface area (Å²) < 4.78 is 5.34. The monoisotopic (exact) mass is 377 g/mol. The molecule has 0 aliphatic carbocycles. The minimum Gasteiger partial charge on any atom is -0.482 e. The van der Waals surface area contributed by atoms with Gasteiger partial charge in [-0.3, -0.25) is 4.79 Å². The van der Waals surface area contributed by atoms with E-state index in [1.165, 1.54) is 0 Å². The van der Waals surface area contributed by atoms with Crippen LogP contribution in [0, 0.1) is 0 Å². The maximum absolute atomic E-state index is 11.8. The van der Waals surface area contributed by atoms with E-state index >= 15 is 0 Å². The Labute approximate surface area is 148 Å². The predicted octanol–water partition coefficient (Wildman–Crippen LogP) is 5.00. The van der Waals surface area contributed by atoms with Gasteiger partial charge in [0.15, 0.2) is 6.61 Å². The van der Waals surface area contributed by atoms with Gasteiger partial charge in [-0.15, -0.1) is 0 Å². The Balaban J connectivity index is 1.84. The molecule has 0 aliphatic heterocycles. The second kappa shape index (κ2) is 7.93. The Kier molecular flexibility index (Phi) is 6.21. The number of benzene rings is 2. The third kappa shape index (κ3) is 4.96. The summed E-state index contributed by atoms with van der Waals surface area (Å²) in [7, 11) is 0. The number of amides is 1. The van der Waals surface area contributed by atoms with Gasteiger partial charge in [-0.05, 0) is 35.9 Å². The largest absolute Gasteiger partial charge is 0.482 e. The maximum atomic E-state index is 11.8. The lowest BCUT2D eigenvalue weighted by molar-refractivity contribution is -0.123. The molecule has 2 aromatic rings. The van der Waals surface area contributed by atoms with Gasteiger partial charge in [0.05, 0.1) is 15.1 Å². The average molecular weight is 379 g/mol. The highest BCUT2D eigenvalue weighted by atomic mass is 35.5. The molecule has 3 nitrogen and oxygen atoms in total. The zero-order valence-corrected chi connectivity index (χ0v) is 14.2. The van der Waals surface area contributed by atoms with E-state index in [1.54, 1.807) is 36.4 Å². The molecule has 0 fully saturated rings. The third-order valence-corrected chi connectivity index (χ3v) is 4.00. The summed E-state index contributed by atoms with van der Waals surface area (Å²) in [6.07, 6.45) is 0. The van der Waals surface area contributed by atoms with Crippen molar-refractivity contribution >= 4 is 52.3 Å². The summed E-state index contributed by atoms with van der Waals surface area (Å²) in [6, 6.07) is 9.95. The van der Waals surface area contributed by atoms with Gasteiger partial charge >= 0.3 is 0 Å². The van der Waals surface area contributed by atoms with E-state index in [-0.39, 0.29) is 12.5 Å². The fraction of sp³-hybridized carbons (Fsp3) is 0.133. The van der Waals surface area contributed by atoms with Crippen LogP contribution >= 0.6 is 46.4 Å². The number of halogens is 4. The number of nitrogens with one attached hydrogen (secondary N) is 1. The molecule has 116 valence electrons. The van der Waals surface area contributed by atoms with Crippen molar-refractivity contribution < 1.29 is 9.53 Å². The number of rotatable bonds is 5. The number of ether oxygens (including phenoxy) is 1. The second-order valence-electron chi connectivity index (χ2n) is 4.39. The van der Waals surface area contributed by atoms with E-state index in [1.807, 2.05) is 0 Å². The topological polar surface area (TPSA) is 38.3 Å². The third-order valence-electron chi connectivity index (χ3n) is 2.73. The first-order chi connectivity index (χ1) is 10.5. The summed E-state index contributed by atoms with van der Waals surface area (Å²) in [5, 5.41) is 4.48. The lowest BCUT2D eigenvalue weighted by atomic mass is 10.2. The lowest BCUT2D eigenvalue weighted by Gasteiger charge is -2.09. The Morgan fingerprint density at radius 3 is 2.41 bits per heavy atom. The van der Waals surface area contributed by atoms with Crippen molar-refractivity contribution in [1.82, 2.24) is 5.32 Å². The zero-order chi connectivity index (χ0) is 16.1. The van der Waals surface area contributed by atoms with Crippen LogP contribution in [0.5, 0.6) is 5.75 Å². The Morgan fingerprint density at radius 1 is 0.955 bits per heavy atom. The number of carbonyl (C=O) groups excluding carboxylic acids is 1. The molecule has 2 aromatic carbocycles. The van der Waals surface area contributed by atoms with E-state index < -0.39 is 0 Å². The van der Waals surface area contributed by atoms with Crippen molar-refractivity contribution in [2.75, 3.05) is 6.61 Å². The normalized spacial score (nSPS) is 10.4. The van der Waals surface area contributed by atoms with Gasteiger partial charge < -0.3 is 10.1 Å². The van der Waals surface area contributed by atoms with Crippen LogP contribution in [0.4, 0.5) is 0 Å². The summed E-state index contributed by atoms with van der Waals surface area (Å²) >= 11 is 23.5. The minimum absolute atomic E-state index is 0.150. The first-order valence-corrected chi connectivity index (χ1v) is 7.75. The van der Waals surface area contributed by atoms with E-state index in [0.29, 0.717) is 32.4 Å². The van der Waals surface area contributed by atoms with E-state index in [0.717, 1.165) is 5.56 Å². The van der Waals surface area contributed by atoms with Gasteiger partial charge in [0.25, 0.3) is 5.91 Å². The highest BCUT2D eigenvalue weighted by Gasteiger charge is 2.07. The Hall–Kier alpha value is -1.13. The summed E-state index contributed by atoms with van der Waals surface area (Å²) in [6.45, 7) is 0.177. The molecule has 0 atom stereocenters. The van der Waals surface area contributed by atoms with Crippen molar-refractivity contribution in [3.63, 3.8) is 0 Å². The SMILES string of the molecule is O=C(COc1ccc(Cl)cc1Cl)NCc1ccc(Cl)c(Cl)c1. The van der Waals surface area contributed by atoms with Gasteiger partial charge in [-0.2, -0.15) is 0 Å². The van der Waals surface area contributed by atoms with Crippen molar-refractivity contribution in [3.05, 3.63) is 62.1 Å². The van der Waals surface area contributed by atoms with Crippen molar-refractivity contribution in [3.8, 4) is 5.75 Å². The van der Waals surface area contributed by atoms with E-state index in [2.05, 4.69) is 5.32 Å². The summed E-state index contributed by atoms with van der Waals surface area (Å²) in [5.41, 5.74) is 0.840. The molecule has 0 unspecified atom stereocenters. The quantitative estimate of drug-likeness (QED) is 0.795. The highest BCUT2D eigenvalue weighted by Crippen LogP contribution is 2.27. The smallest absolute Gasteiger partial charge is 0.258 e. The van der Waals surface area contributed by atoms with Crippen molar-refractivity contribution in [2.45, 2.75) is 6.54 Å². The summed E-state index contributed by atoms with van der Waals surface area (Å²) in [5.74, 6) is 0.118. The first-order valence-electron chi connectivity index (χ1n) is 6.24. The predicted molar refractivity (Wildman–Crippen MR) is 90.3 cm³/mol. The van der Waals surface area contributed by atoms with Gasteiger partial charge in [-0.25, -0.2) is 0 Å². The van der Waals surface area contributed by atoms with Crippen LogP contribution in [-0.4, -0.2) is 12.5 Å². The average Bonchev–Trinajstić information content (AvgIpc) is 2.47. The van der Waals surface area contributed by atoms with Crippen LogP contribution in [0.2, 0.25) is 20.1 Å². The molecule has 2 rings (SSSR count). The van der Waals surface area contributed by atoms with E-state index in [4.69, 9.17) is 51.1 Å². The molecule has 0 saturated carbocycles. The van der Waals surface area contributed by atoms with Crippen molar-refractivity contribution in [2.24, 2.45) is 0 Å². The highest BCUT2D eigenvalue weighted by molar-refractivity contribution is 6.42. The van der Waals surface area contributed by atoms with Gasteiger partial charge in [-0.1, -0.05) is 52.5 Å². The lowest BCUT2D eigenvalue weighted by Crippen LogP contribution is -2.28. The van der Waals surface area contributed by atoms with Crippen molar-refractivity contribution in [1.29, 1.82) is 0 Å². The molecule has 0 aromatic heterocycles. The van der Waals surface area contributed by atoms with Gasteiger partial charge in [0.1, 0.15) is 5.75 Å². The van der Waals surface area contributed by atoms with Gasteiger partial charge in [0, 0.05) is 11.6 Å². The molecule has 0 saturated heterocycles. The van der Waals surface area contributed by atoms with Gasteiger partial charge in [0.2, 0.25) is 0 Å². The number of hydrogen-bond donors (Lipinski definition) is 1. The van der Waals surface area contributed by atoms with Crippen LogP contribution in [0.3, 0.4) is 0 Å². The van der Waals surface area contributed by atoms with Crippen LogP contribution in [-0.2, 0) is 11.3 Å². The van der Waals surface area contributed by atoms with Crippen LogP contribution in [0.15, 0.2) is 36.4 Å². The molecule has 0 spiro atoms. The molecular weight excluding hydrogens is 368 g/mol. The molecule has 0 aliphatic rings. The fourth-order valence-electron chi connectivity index (χ4n) is 1.64. The molecule has 22 heavy (non-hydrogen) atoms. The Morgan fingerprint density at radius 2 is 1.73 bits per heavy atom. The standard InChI is InChI=1S/C15H11Cl4NO2/c16-10-2-4-14(13(19)6-10)22-8-15(21)20-7-9-1-3-11(17)12(18)5-9/h1-6H,7-8H2,(H,20,21). The molecule has 1 N–H and O–H groups in total. The fourth-order valence-corrected chi connectivity index (χ4v) is 2.42. The minimum atomic E-state index is -0.280. The van der Waals surface area contributed by atoms with Crippen LogP contribution in [0.25, 0.3) is 0 Å². The molecule has 1 amide bonds. The number of hydrogen-bond acceptors (Lipinski definition) is 2. The van der Waals surface area contributed by atoms with Crippen LogP contribution < -0.4 is 10.1 Å². The van der Waals surface area contributed by atoms with Crippen LogP contribution in [0.1, 0.15) is 5.56 Å². The first kappa shape index (κ1) is 17.2. The Bertz CT molecular complexity index is 691.